The van der Waals surface area contributed by atoms with Gasteiger partial charge in [0.1, 0.15) is 5.82 Å². The summed E-state index contributed by atoms with van der Waals surface area (Å²) in [5, 5.41) is 3.18. The van der Waals surface area contributed by atoms with Gasteiger partial charge in [0, 0.05) is 12.1 Å². The van der Waals surface area contributed by atoms with Gasteiger partial charge in [0.2, 0.25) is 5.88 Å². The lowest BCUT2D eigenvalue weighted by atomic mass is 10.3. The molecule has 0 spiro atoms. The largest absolute Gasteiger partial charge is 0.476 e. The Balaban J connectivity index is 2.00. The predicted octanol–water partition coefficient (Wildman–Crippen LogP) is 2.66. The molecular formula is C13H17N3O2. The van der Waals surface area contributed by atoms with Crippen molar-refractivity contribution in [3.8, 4) is 5.88 Å². The zero-order chi connectivity index (χ0) is 12.8. The smallest absolute Gasteiger partial charge is 0.239 e. The molecule has 0 aliphatic carbocycles. The average Bonchev–Trinajstić information content (AvgIpc) is 2.89. The van der Waals surface area contributed by atoms with Gasteiger partial charge in [-0.15, -0.1) is 0 Å². The lowest BCUT2D eigenvalue weighted by Gasteiger charge is -2.09. The van der Waals surface area contributed by atoms with Crippen LogP contribution in [0.1, 0.15) is 18.9 Å². The first-order chi connectivity index (χ1) is 8.79. The van der Waals surface area contributed by atoms with Gasteiger partial charge in [0.25, 0.3) is 0 Å². The second-order valence-electron chi connectivity index (χ2n) is 3.92. The summed E-state index contributed by atoms with van der Waals surface area (Å²) in [5.41, 5.74) is 7.40. The molecule has 3 N–H and O–H groups in total. The van der Waals surface area contributed by atoms with Gasteiger partial charge in [-0.05, 0) is 24.6 Å². The number of pyridine rings is 1. The van der Waals surface area contributed by atoms with Crippen molar-refractivity contribution in [3.05, 3.63) is 36.3 Å². The summed E-state index contributed by atoms with van der Waals surface area (Å²) in [5.74, 6) is 1.21. The number of nitrogen functional groups attached to an aromatic ring is 1. The molecule has 2 aromatic rings. The lowest BCUT2D eigenvalue weighted by Crippen LogP contribution is -2.05. The first-order valence-electron chi connectivity index (χ1n) is 5.94. The molecule has 0 fully saturated rings. The third-order valence-electron chi connectivity index (χ3n) is 2.39. The summed E-state index contributed by atoms with van der Waals surface area (Å²) in [6.45, 7) is 3.31. The van der Waals surface area contributed by atoms with Gasteiger partial charge in [-0.1, -0.05) is 6.92 Å². The summed E-state index contributed by atoms with van der Waals surface area (Å²) in [6.07, 6.45) is 4.26. The van der Waals surface area contributed by atoms with Crippen LogP contribution < -0.4 is 15.8 Å². The molecule has 0 amide bonds. The third kappa shape index (κ3) is 3.16. The number of hydrogen-bond acceptors (Lipinski definition) is 5. The summed E-state index contributed by atoms with van der Waals surface area (Å²) in [7, 11) is 0. The van der Waals surface area contributed by atoms with E-state index in [0.29, 0.717) is 24.7 Å². The molecule has 0 aliphatic heterocycles. The molecule has 5 nitrogen and oxygen atoms in total. The minimum Gasteiger partial charge on any atom is -0.476 e. The van der Waals surface area contributed by atoms with Crippen molar-refractivity contribution in [1.82, 2.24) is 4.98 Å². The van der Waals surface area contributed by atoms with Crippen LogP contribution in [-0.2, 0) is 6.54 Å². The van der Waals surface area contributed by atoms with E-state index in [1.54, 1.807) is 18.6 Å². The second-order valence-corrected chi connectivity index (χ2v) is 3.92. The highest BCUT2D eigenvalue weighted by atomic mass is 16.5. The number of furan rings is 1. The quantitative estimate of drug-likeness (QED) is 0.821. The molecule has 2 heterocycles. The second kappa shape index (κ2) is 5.95. The Bertz CT molecular complexity index is 483. The lowest BCUT2D eigenvalue weighted by molar-refractivity contribution is 0.307. The Labute approximate surface area is 106 Å². The van der Waals surface area contributed by atoms with E-state index < -0.39 is 0 Å². The number of rotatable bonds is 6. The molecule has 0 aliphatic rings. The molecule has 0 atom stereocenters. The van der Waals surface area contributed by atoms with Crippen LogP contribution in [0.5, 0.6) is 5.88 Å². The highest BCUT2D eigenvalue weighted by Crippen LogP contribution is 2.21. The van der Waals surface area contributed by atoms with E-state index in [2.05, 4.69) is 10.3 Å². The Morgan fingerprint density at radius 3 is 3.00 bits per heavy atom. The molecule has 2 rings (SSSR count). The molecule has 96 valence electrons. The molecule has 0 bridgehead atoms. The maximum Gasteiger partial charge on any atom is 0.239 e. The number of ether oxygens (including phenoxy) is 1. The van der Waals surface area contributed by atoms with Crippen LogP contribution in [0, 0.1) is 0 Å². The molecule has 5 heteroatoms. The maximum absolute atomic E-state index is 5.79. The van der Waals surface area contributed by atoms with E-state index in [-0.39, 0.29) is 0 Å². The van der Waals surface area contributed by atoms with Gasteiger partial charge in [0.15, 0.2) is 0 Å². The van der Waals surface area contributed by atoms with E-state index in [1.807, 2.05) is 19.1 Å². The maximum atomic E-state index is 5.79. The van der Waals surface area contributed by atoms with Gasteiger partial charge >= 0.3 is 0 Å². The molecule has 0 saturated carbocycles. The number of nitrogens with zero attached hydrogens (tertiary/aromatic N) is 1. The Kier molecular flexibility index (Phi) is 4.06. The van der Waals surface area contributed by atoms with Crippen molar-refractivity contribution in [3.63, 3.8) is 0 Å². The van der Waals surface area contributed by atoms with E-state index >= 15 is 0 Å². The van der Waals surface area contributed by atoms with Crippen LogP contribution in [0.4, 0.5) is 11.5 Å². The normalized spacial score (nSPS) is 10.3. The standard InChI is InChI=1S/C13H17N3O2/c1-2-6-18-13-11(14)3-4-12(16-13)15-8-10-5-7-17-9-10/h3-5,7,9H,2,6,8,14H2,1H3,(H,15,16). The van der Waals surface area contributed by atoms with Crippen molar-refractivity contribution in [1.29, 1.82) is 0 Å². The van der Waals surface area contributed by atoms with Crippen molar-refractivity contribution in [2.45, 2.75) is 19.9 Å². The summed E-state index contributed by atoms with van der Waals surface area (Å²) in [4.78, 5) is 4.32. The summed E-state index contributed by atoms with van der Waals surface area (Å²) >= 11 is 0. The molecule has 2 aromatic heterocycles. The van der Waals surface area contributed by atoms with E-state index in [1.165, 1.54) is 0 Å². The molecule has 0 saturated heterocycles. The fraction of sp³-hybridized carbons (Fsp3) is 0.308. The van der Waals surface area contributed by atoms with Gasteiger partial charge in [-0.2, -0.15) is 4.98 Å². The molecule has 0 unspecified atom stereocenters. The van der Waals surface area contributed by atoms with Crippen LogP contribution in [0.25, 0.3) is 0 Å². The topological polar surface area (TPSA) is 73.3 Å². The zero-order valence-electron chi connectivity index (χ0n) is 10.3. The predicted molar refractivity (Wildman–Crippen MR) is 70.5 cm³/mol. The fourth-order valence-corrected chi connectivity index (χ4v) is 1.45. The van der Waals surface area contributed by atoms with Crippen molar-refractivity contribution >= 4 is 11.5 Å². The highest BCUT2D eigenvalue weighted by molar-refractivity contribution is 5.53. The van der Waals surface area contributed by atoms with E-state index in [9.17, 15) is 0 Å². The number of hydrogen-bond donors (Lipinski definition) is 2. The number of nitrogens with two attached hydrogens (primary N) is 1. The molecule has 18 heavy (non-hydrogen) atoms. The van der Waals surface area contributed by atoms with Gasteiger partial charge in [0.05, 0.1) is 24.8 Å². The first kappa shape index (κ1) is 12.3. The van der Waals surface area contributed by atoms with E-state index in [0.717, 1.165) is 17.8 Å². The van der Waals surface area contributed by atoms with Gasteiger partial charge in [-0.25, -0.2) is 0 Å². The zero-order valence-corrected chi connectivity index (χ0v) is 10.3. The minimum atomic E-state index is 0.481. The Morgan fingerprint density at radius 1 is 1.39 bits per heavy atom. The van der Waals surface area contributed by atoms with Crippen LogP contribution in [0.3, 0.4) is 0 Å². The fourth-order valence-electron chi connectivity index (χ4n) is 1.45. The van der Waals surface area contributed by atoms with Crippen molar-refractivity contribution < 1.29 is 9.15 Å². The third-order valence-corrected chi connectivity index (χ3v) is 2.39. The molecule has 0 radical (unpaired) electrons. The van der Waals surface area contributed by atoms with Crippen LogP contribution >= 0.6 is 0 Å². The highest BCUT2D eigenvalue weighted by Gasteiger charge is 2.04. The first-order valence-corrected chi connectivity index (χ1v) is 5.94. The monoisotopic (exact) mass is 247 g/mol. The SMILES string of the molecule is CCCOc1nc(NCc2ccoc2)ccc1N. The van der Waals surface area contributed by atoms with Crippen molar-refractivity contribution in [2.75, 3.05) is 17.7 Å². The number of nitrogens with one attached hydrogen (secondary N) is 1. The summed E-state index contributed by atoms with van der Waals surface area (Å²) in [6, 6.07) is 5.52. The van der Waals surface area contributed by atoms with E-state index in [4.69, 9.17) is 14.9 Å². The van der Waals surface area contributed by atoms with Crippen molar-refractivity contribution in [2.24, 2.45) is 0 Å². The number of aromatic nitrogens is 1. The Hall–Kier alpha value is -2.17. The van der Waals surface area contributed by atoms with Crippen LogP contribution in [0.15, 0.2) is 35.1 Å². The van der Waals surface area contributed by atoms with Gasteiger partial charge in [-0.3, -0.25) is 0 Å². The molecular weight excluding hydrogens is 230 g/mol. The van der Waals surface area contributed by atoms with Crippen LogP contribution in [0.2, 0.25) is 0 Å². The van der Waals surface area contributed by atoms with Gasteiger partial charge < -0.3 is 20.2 Å². The summed E-state index contributed by atoms with van der Waals surface area (Å²) < 4.78 is 10.5. The average molecular weight is 247 g/mol. The number of anilines is 2. The minimum absolute atomic E-state index is 0.481. The van der Waals surface area contributed by atoms with Crippen LogP contribution in [-0.4, -0.2) is 11.6 Å². The molecule has 0 aromatic carbocycles. The Morgan fingerprint density at radius 2 is 2.28 bits per heavy atom.